The molecule has 11 heteroatoms. The first kappa shape index (κ1) is 34.5. The van der Waals surface area contributed by atoms with Crippen molar-refractivity contribution >= 4 is 66.7 Å². The molecule has 0 bridgehead atoms. The fourth-order valence-electron chi connectivity index (χ4n) is 4.76. The molecule has 236 valence electrons. The van der Waals surface area contributed by atoms with Gasteiger partial charge in [-0.05, 0) is 66.9 Å². The molecule has 4 aromatic carbocycles. The van der Waals surface area contributed by atoms with E-state index in [4.69, 9.17) is 23.2 Å². The Labute approximate surface area is 283 Å². The molecule has 0 aliphatic heterocycles. The second-order valence-electron chi connectivity index (χ2n) is 10.6. The smallest absolute Gasteiger partial charge is 0.264 e. The van der Waals surface area contributed by atoms with Gasteiger partial charge in [0, 0.05) is 34.0 Å². The van der Waals surface area contributed by atoms with Crippen LogP contribution in [-0.4, -0.2) is 44.3 Å². The predicted molar refractivity (Wildman–Crippen MR) is 184 cm³/mol. The van der Waals surface area contributed by atoms with Crippen molar-refractivity contribution < 1.29 is 18.0 Å². The molecule has 4 rings (SSSR count). The predicted octanol–water partition coefficient (Wildman–Crippen LogP) is 7.43. The zero-order valence-corrected chi connectivity index (χ0v) is 28.8. The van der Waals surface area contributed by atoms with Gasteiger partial charge in [0.2, 0.25) is 11.8 Å². The number of amides is 2. The minimum atomic E-state index is -4.27. The Kier molecular flexibility index (Phi) is 12.1. The van der Waals surface area contributed by atoms with Crippen molar-refractivity contribution in [2.24, 2.45) is 0 Å². The number of aryl methyl sites for hydroxylation is 1. The maximum absolute atomic E-state index is 14.5. The monoisotopic (exact) mass is 729 g/mol. The molecule has 1 N–H and O–H groups in total. The molecule has 0 heterocycles. The van der Waals surface area contributed by atoms with Crippen LogP contribution in [0.3, 0.4) is 0 Å². The first-order chi connectivity index (χ1) is 21.5. The Hall–Kier alpha value is -3.37. The molecule has 2 amide bonds. The Morgan fingerprint density at radius 2 is 1.49 bits per heavy atom. The lowest BCUT2D eigenvalue weighted by Gasteiger charge is -2.34. The average Bonchev–Trinajstić information content (AvgIpc) is 3.01. The maximum Gasteiger partial charge on any atom is 0.264 e. The number of nitrogens with one attached hydrogen (secondary N) is 1. The molecule has 0 spiro atoms. The number of hydrogen-bond donors (Lipinski definition) is 1. The summed E-state index contributed by atoms with van der Waals surface area (Å²) in [6.45, 7) is 3.69. The van der Waals surface area contributed by atoms with Crippen molar-refractivity contribution in [3.05, 3.63) is 128 Å². The van der Waals surface area contributed by atoms with E-state index in [-0.39, 0.29) is 39.5 Å². The average molecular weight is 732 g/mol. The Morgan fingerprint density at radius 3 is 2.09 bits per heavy atom. The van der Waals surface area contributed by atoms with Gasteiger partial charge in [-0.15, -0.1) is 0 Å². The molecule has 0 radical (unpaired) electrons. The van der Waals surface area contributed by atoms with Crippen LogP contribution in [0, 0.1) is 6.92 Å². The van der Waals surface area contributed by atoms with E-state index in [0.29, 0.717) is 13.0 Å². The third-order valence-electron chi connectivity index (χ3n) is 7.11. The van der Waals surface area contributed by atoms with E-state index in [0.717, 1.165) is 25.5 Å². The van der Waals surface area contributed by atoms with Gasteiger partial charge in [-0.25, -0.2) is 8.42 Å². The number of rotatable bonds is 13. The minimum absolute atomic E-state index is 0.00187. The summed E-state index contributed by atoms with van der Waals surface area (Å²) in [5.41, 5.74) is 2.63. The van der Waals surface area contributed by atoms with Gasteiger partial charge in [-0.3, -0.25) is 13.9 Å². The van der Waals surface area contributed by atoms with Crippen molar-refractivity contribution in [3.8, 4) is 0 Å². The third-order valence-corrected chi connectivity index (χ3v) is 9.86. The van der Waals surface area contributed by atoms with Crippen LogP contribution in [0.25, 0.3) is 0 Å². The first-order valence-corrected chi connectivity index (χ1v) is 17.4. The molecule has 0 aromatic heterocycles. The van der Waals surface area contributed by atoms with Crippen molar-refractivity contribution in [1.29, 1.82) is 0 Å². The molecule has 0 aliphatic carbocycles. The van der Waals surface area contributed by atoms with Crippen LogP contribution < -0.4 is 9.62 Å². The zero-order valence-electron chi connectivity index (χ0n) is 24.9. The summed E-state index contributed by atoms with van der Waals surface area (Å²) in [5.74, 6) is -0.901. The molecule has 0 saturated carbocycles. The Bertz CT molecular complexity index is 1700. The van der Waals surface area contributed by atoms with Gasteiger partial charge in [0.15, 0.2) is 0 Å². The van der Waals surface area contributed by atoms with Gasteiger partial charge in [0.1, 0.15) is 12.6 Å². The molecular formula is C34H34BrCl2N3O4S. The number of anilines is 1. The summed E-state index contributed by atoms with van der Waals surface area (Å²) in [7, 11) is -4.27. The summed E-state index contributed by atoms with van der Waals surface area (Å²) in [6.07, 6.45) is 0.939. The summed E-state index contributed by atoms with van der Waals surface area (Å²) < 4.78 is 30.1. The molecule has 7 nitrogen and oxygen atoms in total. The normalized spacial score (nSPS) is 11.9. The van der Waals surface area contributed by atoms with Crippen molar-refractivity contribution in [1.82, 2.24) is 10.2 Å². The number of carbonyl (C=O) groups excluding carboxylic acids is 2. The number of carbonyl (C=O) groups is 2. The van der Waals surface area contributed by atoms with E-state index in [1.807, 2.05) is 68.4 Å². The van der Waals surface area contributed by atoms with E-state index < -0.39 is 28.5 Å². The van der Waals surface area contributed by atoms with Crippen LogP contribution in [0.2, 0.25) is 10.0 Å². The second-order valence-corrected chi connectivity index (χ2v) is 14.2. The maximum atomic E-state index is 14.5. The fraction of sp³-hybridized carbons (Fsp3) is 0.235. The molecule has 0 aliphatic rings. The van der Waals surface area contributed by atoms with Gasteiger partial charge < -0.3 is 10.2 Å². The Balaban J connectivity index is 1.81. The molecule has 45 heavy (non-hydrogen) atoms. The van der Waals surface area contributed by atoms with E-state index in [2.05, 4.69) is 21.2 Å². The van der Waals surface area contributed by atoms with Gasteiger partial charge in [0.25, 0.3) is 10.0 Å². The quantitative estimate of drug-likeness (QED) is 0.155. The topological polar surface area (TPSA) is 86.8 Å². The third kappa shape index (κ3) is 9.33. The van der Waals surface area contributed by atoms with Crippen molar-refractivity contribution in [3.63, 3.8) is 0 Å². The van der Waals surface area contributed by atoms with Crippen LogP contribution in [-0.2, 0) is 32.6 Å². The standard InChI is InChI=1S/C34H34BrCl2N3O4S/c1-3-17-38-34(42)32(18-25-7-5-4-6-8-25)39(22-26-11-13-27(35)14-12-26)33(41)23-40(30-20-28(36)19-29(37)21-30)45(43,44)31-15-9-24(2)10-16-31/h4-16,19-21,32H,3,17-18,22-23H2,1-2H3,(H,38,42)/t32-/m1/s1. The molecular weight excluding hydrogens is 697 g/mol. The van der Waals surface area contributed by atoms with E-state index in [9.17, 15) is 18.0 Å². The van der Waals surface area contributed by atoms with Gasteiger partial charge in [0.05, 0.1) is 10.6 Å². The lowest BCUT2D eigenvalue weighted by atomic mass is 10.0. The SMILES string of the molecule is CCCNC(=O)[C@@H](Cc1ccccc1)N(Cc1ccc(Br)cc1)C(=O)CN(c1cc(Cl)cc(Cl)c1)S(=O)(=O)c1ccc(C)cc1. The van der Waals surface area contributed by atoms with Crippen LogP contribution in [0.5, 0.6) is 0 Å². The number of sulfonamides is 1. The minimum Gasteiger partial charge on any atom is -0.354 e. The summed E-state index contributed by atoms with van der Waals surface area (Å²) in [6, 6.07) is 26.6. The highest BCUT2D eigenvalue weighted by molar-refractivity contribution is 9.10. The van der Waals surface area contributed by atoms with Crippen LogP contribution >= 0.6 is 39.1 Å². The molecule has 0 fully saturated rings. The van der Waals surface area contributed by atoms with Crippen LogP contribution in [0.4, 0.5) is 5.69 Å². The van der Waals surface area contributed by atoms with Gasteiger partial charge in [-0.2, -0.15) is 0 Å². The zero-order chi connectivity index (χ0) is 32.6. The summed E-state index contributed by atoms with van der Waals surface area (Å²) >= 11 is 16.1. The molecule has 1 atom stereocenters. The molecule has 0 unspecified atom stereocenters. The first-order valence-electron chi connectivity index (χ1n) is 14.4. The number of benzene rings is 4. The fourth-order valence-corrected chi connectivity index (χ4v) is 6.93. The van der Waals surface area contributed by atoms with Gasteiger partial charge in [-0.1, -0.05) is 106 Å². The van der Waals surface area contributed by atoms with Crippen molar-refractivity contribution in [2.45, 2.75) is 44.2 Å². The van der Waals surface area contributed by atoms with Crippen LogP contribution in [0.15, 0.2) is 106 Å². The summed E-state index contributed by atoms with van der Waals surface area (Å²) in [4.78, 5) is 29.6. The highest BCUT2D eigenvalue weighted by atomic mass is 79.9. The molecule has 0 saturated heterocycles. The largest absolute Gasteiger partial charge is 0.354 e. The second kappa shape index (κ2) is 15.8. The summed E-state index contributed by atoms with van der Waals surface area (Å²) in [5, 5.41) is 3.36. The number of nitrogens with zero attached hydrogens (tertiary/aromatic N) is 2. The van der Waals surface area contributed by atoms with E-state index in [1.54, 1.807) is 12.1 Å². The van der Waals surface area contributed by atoms with Crippen LogP contribution in [0.1, 0.15) is 30.0 Å². The highest BCUT2D eigenvalue weighted by Gasteiger charge is 2.34. The van der Waals surface area contributed by atoms with E-state index >= 15 is 0 Å². The lowest BCUT2D eigenvalue weighted by Crippen LogP contribution is -2.53. The van der Waals surface area contributed by atoms with Gasteiger partial charge >= 0.3 is 0 Å². The highest BCUT2D eigenvalue weighted by Crippen LogP contribution is 2.30. The number of hydrogen-bond acceptors (Lipinski definition) is 4. The van der Waals surface area contributed by atoms with E-state index in [1.165, 1.54) is 35.2 Å². The Morgan fingerprint density at radius 1 is 0.867 bits per heavy atom. The molecule has 4 aromatic rings. The number of halogens is 3. The lowest BCUT2D eigenvalue weighted by molar-refractivity contribution is -0.140. The van der Waals surface area contributed by atoms with Crippen molar-refractivity contribution in [2.75, 3.05) is 17.4 Å².